The standard InChI is InChI=1S/C32H38N4O8S/c1-20-5-9-26(10-6-20)45(40,41)35(4)17-30-21(2)16-36(22(3)18-37)31(38)14-23-13-24(7-11-27(23)44-30)33-32(39)34-25-8-12-28-29(15-25)43-19-42-28/h5-13,15,21-22,30,37H,14,16-19H2,1-4H3,(H2,33,34,39)/t21-,22-,30-/m1/s1. The largest absolute Gasteiger partial charge is 0.488 e. The van der Waals surface area contributed by atoms with Gasteiger partial charge in [0.25, 0.3) is 0 Å². The second-order valence-electron chi connectivity index (χ2n) is 11.5. The lowest BCUT2D eigenvalue weighted by Crippen LogP contribution is -2.48. The van der Waals surface area contributed by atoms with E-state index in [-0.39, 0.29) is 49.6 Å². The van der Waals surface area contributed by atoms with Crippen LogP contribution < -0.4 is 24.8 Å². The molecule has 5 rings (SSSR count). The van der Waals surface area contributed by atoms with Gasteiger partial charge < -0.3 is 34.9 Å². The molecule has 13 heteroatoms. The number of fused-ring (bicyclic) bond motifs is 2. The first kappa shape index (κ1) is 32.1. The van der Waals surface area contributed by atoms with Crippen molar-refractivity contribution in [3.63, 3.8) is 0 Å². The molecule has 0 fully saturated rings. The molecule has 2 aliphatic rings. The SMILES string of the molecule is Cc1ccc(S(=O)(=O)N(C)C[C@H]2Oc3ccc(NC(=O)Nc4ccc5c(c4)OCO5)cc3CC(=O)N([C@H](C)CO)C[C@H]2C)cc1. The van der Waals surface area contributed by atoms with Gasteiger partial charge in [-0.2, -0.15) is 4.31 Å². The van der Waals surface area contributed by atoms with Gasteiger partial charge in [-0.3, -0.25) is 4.79 Å². The zero-order chi connectivity index (χ0) is 32.3. The molecule has 0 bridgehead atoms. The minimum Gasteiger partial charge on any atom is -0.488 e. The third kappa shape index (κ3) is 7.32. The summed E-state index contributed by atoms with van der Waals surface area (Å²) in [6.45, 7) is 5.69. The summed E-state index contributed by atoms with van der Waals surface area (Å²) in [7, 11) is -2.31. The fourth-order valence-corrected chi connectivity index (χ4v) is 6.42. The van der Waals surface area contributed by atoms with Crippen LogP contribution in [0.4, 0.5) is 16.2 Å². The highest BCUT2D eigenvalue weighted by Gasteiger charge is 2.33. The minimum atomic E-state index is -3.82. The lowest BCUT2D eigenvalue weighted by molar-refractivity contribution is -0.134. The smallest absolute Gasteiger partial charge is 0.323 e. The molecule has 3 atom stereocenters. The molecule has 240 valence electrons. The van der Waals surface area contributed by atoms with Gasteiger partial charge in [-0.25, -0.2) is 13.2 Å². The summed E-state index contributed by atoms with van der Waals surface area (Å²) in [5.74, 6) is 1.01. The number of benzene rings is 3. The molecule has 0 aliphatic carbocycles. The van der Waals surface area contributed by atoms with Crippen molar-refractivity contribution in [1.82, 2.24) is 9.21 Å². The summed E-state index contributed by atoms with van der Waals surface area (Å²) in [5.41, 5.74) is 2.39. The average molecular weight is 639 g/mol. The van der Waals surface area contributed by atoms with Crippen molar-refractivity contribution in [3.05, 3.63) is 71.8 Å². The molecule has 3 N–H and O–H groups in total. The quantitative estimate of drug-likeness (QED) is 0.337. The molecule has 12 nitrogen and oxygen atoms in total. The van der Waals surface area contributed by atoms with Gasteiger partial charge in [-0.1, -0.05) is 24.6 Å². The molecule has 3 amide bonds. The maximum atomic E-state index is 13.5. The van der Waals surface area contributed by atoms with Crippen LogP contribution in [0, 0.1) is 12.8 Å². The molecule has 2 aliphatic heterocycles. The van der Waals surface area contributed by atoms with Crippen LogP contribution in [0.25, 0.3) is 0 Å². The van der Waals surface area contributed by atoms with Gasteiger partial charge in [0.1, 0.15) is 11.9 Å². The zero-order valence-electron chi connectivity index (χ0n) is 25.6. The molecular weight excluding hydrogens is 600 g/mol. The Morgan fingerprint density at radius 3 is 2.36 bits per heavy atom. The number of nitrogens with zero attached hydrogens (tertiary/aromatic N) is 2. The van der Waals surface area contributed by atoms with Crippen molar-refractivity contribution in [2.24, 2.45) is 5.92 Å². The minimum absolute atomic E-state index is 0.0181. The molecule has 3 aromatic carbocycles. The normalized spacial score (nSPS) is 18.7. The van der Waals surface area contributed by atoms with Crippen LogP contribution in [0.1, 0.15) is 25.0 Å². The molecule has 3 aromatic rings. The van der Waals surface area contributed by atoms with Crippen LogP contribution in [0.2, 0.25) is 0 Å². The Balaban J connectivity index is 1.38. The highest BCUT2D eigenvalue weighted by molar-refractivity contribution is 7.89. The van der Waals surface area contributed by atoms with Crippen molar-refractivity contribution < 1.29 is 37.3 Å². The molecule has 0 spiro atoms. The second kappa shape index (κ2) is 13.3. The van der Waals surface area contributed by atoms with Gasteiger partial charge in [-0.15, -0.1) is 0 Å². The molecule has 0 saturated heterocycles. The Labute approximate surface area is 262 Å². The number of urea groups is 1. The number of aliphatic hydroxyl groups is 1. The zero-order valence-corrected chi connectivity index (χ0v) is 26.5. The number of ether oxygens (including phenoxy) is 3. The highest BCUT2D eigenvalue weighted by atomic mass is 32.2. The van der Waals surface area contributed by atoms with Crippen molar-refractivity contribution >= 4 is 33.3 Å². The first-order valence-electron chi connectivity index (χ1n) is 14.6. The van der Waals surface area contributed by atoms with Crippen molar-refractivity contribution in [2.45, 2.75) is 44.2 Å². The van der Waals surface area contributed by atoms with Crippen LogP contribution >= 0.6 is 0 Å². The fraction of sp³-hybridized carbons (Fsp3) is 0.375. The van der Waals surface area contributed by atoms with Crippen LogP contribution in [0.5, 0.6) is 17.2 Å². The van der Waals surface area contributed by atoms with E-state index in [1.807, 2.05) is 13.8 Å². The van der Waals surface area contributed by atoms with E-state index < -0.39 is 28.2 Å². The predicted octanol–water partition coefficient (Wildman–Crippen LogP) is 3.84. The van der Waals surface area contributed by atoms with Crippen LogP contribution in [0.15, 0.2) is 65.6 Å². The second-order valence-corrected chi connectivity index (χ2v) is 13.5. The third-order valence-electron chi connectivity index (χ3n) is 7.97. The van der Waals surface area contributed by atoms with Crippen molar-refractivity contribution in [3.8, 4) is 17.2 Å². The van der Waals surface area contributed by atoms with E-state index in [2.05, 4.69) is 10.6 Å². The van der Waals surface area contributed by atoms with E-state index in [1.54, 1.807) is 72.5 Å². The number of amides is 3. The molecule has 45 heavy (non-hydrogen) atoms. The molecular formula is C32H38N4O8S. The highest BCUT2D eigenvalue weighted by Crippen LogP contribution is 2.34. The van der Waals surface area contributed by atoms with E-state index >= 15 is 0 Å². The maximum Gasteiger partial charge on any atom is 0.323 e. The van der Waals surface area contributed by atoms with Crippen molar-refractivity contribution in [2.75, 3.05) is 44.2 Å². The lowest BCUT2D eigenvalue weighted by atomic mass is 10.0. The van der Waals surface area contributed by atoms with E-state index in [0.717, 1.165) is 5.56 Å². The summed E-state index contributed by atoms with van der Waals surface area (Å²) < 4.78 is 45.2. The number of nitrogens with one attached hydrogen (secondary N) is 2. The number of sulfonamides is 1. The van der Waals surface area contributed by atoms with E-state index in [4.69, 9.17) is 14.2 Å². The monoisotopic (exact) mass is 638 g/mol. The number of anilines is 2. The average Bonchev–Trinajstić information content (AvgIpc) is 3.49. The number of hydrogen-bond donors (Lipinski definition) is 3. The summed E-state index contributed by atoms with van der Waals surface area (Å²) >= 11 is 0. The number of rotatable bonds is 8. The van der Waals surface area contributed by atoms with Crippen LogP contribution in [0.3, 0.4) is 0 Å². The van der Waals surface area contributed by atoms with Gasteiger partial charge in [0, 0.05) is 42.5 Å². The van der Waals surface area contributed by atoms with E-state index in [9.17, 15) is 23.1 Å². The Bertz CT molecular complexity index is 1660. The summed E-state index contributed by atoms with van der Waals surface area (Å²) in [4.78, 5) is 28.1. The molecule has 0 unspecified atom stereocenters. The Hall–Kier alpha value is -4.33. The predicted molar refractivity (Wildman–Crippen MR) is 168 cm³/mol. The van der Waals surface area contributed by atoms with Gasteiger partial charge >= 0.3 is 6.03 Å². The first-order valence-corrected chi connectivity index (χ1v) is 16.1. The Morgan fingerprint density at radius 1 is 1.02 bits per heavy atom. The van der Waals surface area contributed by atoms with Crippen LogP contribution in [-0.2, 0) is 21.2 Å². The Kier molecular flexibility index (Phi) is 9.51. The van der Waals surface area contributed by atoms with E-state index in [0.29, 0.717) is 34.2 Å². The number of carbonyl (C=O) groups excluding carboxylic acids is 2. The van der Waals surface area contributed by atoms with E-state index in [1.165, 1.54) is 11.4 Å². The fourth-order valence-electron chi connectivity index (χ4n) is 5.23. The number of hydrogen-bond acceptors (Lipinski definition) is 8. The summed E-state index contributed by atoms with van der Waals surface area (Å²) in [6, 6.07) is 15.7. The first-order chi connectivity index (χ1) is 21.4. The molecule has 2 heterocycles. The Morgan fingerprint density at radius 2 is 1.67 bits per heavy atom. The maximum absolute atomic E-state index is 13.5. The van der Waals surface area contributed by atoms with Gasteiger partial charge in [0.2, 0.25) is 22.7 Å². The summed E-state index contributed by atoms with van der Waals surface area (Å²) in [5, 5.41) is 15.5. The van der Waals surface area contributed by atoms with Gasteiger partial charge in [0.05, 0.1) is 30.5 Å². The summed E-state index contributed by atoms with van der Waals surface area (Å²) in [6.07, 6.45) is -0.683. The molecule has 0 aromatic heterocycles. The number of aliphatic hydroxyl groups excluding tert-OH is 1. The number of carbonyl (C=O) groups is 2. The van der Waals surface area contributed by atoms with Gasteiger partial charge in [0.15, 0.2) is 11.5 Å². The topological polar surface area (TPSA) is 147 Å². The number of likely N-dealkylation sites (N-methyl/N-ethyl adjacent to an activating group) is 1. The lowest BCUT2D eigenvalue weighted by Gasteiger charge is -2.33. The number of aryl methyl sites for hydroxylation is 1. The van der Waals surface area contributed by atoms with Crippen molar-refractivity contribution in [1.29, 1.82) is 0 Å². The van der Waals surface area contributed by atoms with Gasteiger partial charge in [-0.05, 0) is 56.3 Å². The third-order valence-corrected chi connectivity index (χ3v) is 9.81. The molecule has 0 radical (unpaired) electrons. The van der Waals surface area contributed by atoms with Crippen LogP contribution in [-0.4, -0.2) is 80.4 Å². The molecule has 0 saturated carbocycles.